The van der Waals surface area contributed by atoms with Crippen LogP contribution in [0.3, 0.4) is 0 Å². The molecular weight excluding hydrogens is 274 g/mol. The third-order valence-electron chi connectivity index (χ3n) is 3.30. The molecule has 0 unspecified atom stereocenters. The molecule has 1 amide bonds. The summed E-state index contributed by atoms with van der Waals surface area (Å²) in [6.07, 6.45) is 3.66. The zero-order valence-corrected chi connectivity index (χ0v) is 12.5. The fraction of sp³-hybridized carbons (Fsp3) is 0.158. The Hall–Kier alpha value is -2.68. The summed E-state index contributed by atoms with van der Waals surface area (Å²) in [7, 11) is 0. The SMILES string of the molecule is C/C=C/C(=O)[C@H](Cc1ccccc1)NC(=O)c1ccccc1. The van der Waals surface area contributed by atoms with Crippen LogP contribution in [0.25, 0.3) is 0 Å². The predicted molar refractivity (Wildman–Crippen MR) is 87.7 cm³/mol. The van der Waals surface area contributed by atoms with Crippen LogP contribution >= 0.6 is 0 Å². The molecule has 0 fully saturated rings. The summed E-state index contributed by atoms with van der Waals surface area (Å²) in [5.41, 5.74) is 1.56. The second kappa shape index (κ2) is 7.93. The molecule has 2 aromatic carbocycles. The van der Waals surface area contributed by atoms with Crippen molar-refractivity contribution in [3.8, 4) is 0 Å². The summed E-state index contributed by atoms with van der Waals surface area (Å²) in [4.78, 5) is 24.5. The van der Waals surface area contributed by atoms with Gasteiger partial charge in [0.15, 0.2) is 5.78 Å². The number of nitrogens with one attached hydrogen (secondary N) is 1. The van der Waals surface area contributed by atoms with Crippen LogP contribution < -0.4 is 5.32 Å². The first-order valence-corrected chi connectivity index (χ1v) is 7.27. The molecule has 0 bridgehead atoms. The third kappa shape index (κ3) is 4.42. The summed E-state index contributed by atoms with van der Waals surface area (Å²) in [6.45, 7) is 1.79. The molecule has 1 atom stereocenters. The van der Waals surface area contributed by atoms with Crippen LogP contribution in [0.2, 0.25) is 0 Å². The van der Waals surface area contributed by atoms with E-state index in [9.17, 15) is 9.59 Å². The summed E-state index contributed by atoms with van der Waals surface area (Å²) < 4.78 is 0. The minimum absolute atomic E-state index is 0.101. The fourth-order valence-corrected chi connectivity index (χ4v) is 2.18. The van der Waals surface area contributed by atoms with Crippen LogP contribution in [-0.4, -0.2) is 17.7 Å². The molecule has 0 saturated heterocycles. The lowest BCUT2D eigenvalue weighted by atomic mass is 10.0. The van der Waals surface area contributed by atoms with Crippen LogP contribution in [-0.2, 0) is 11.2 Å². The zero-order chi connectivity index (χ0) is 15.8. The maximum atomic E-state index is 12.3. The fourth-order valence-electron chi connectivity index (χ4n) is 2.18. The van der Waals surface area contributed by atoms with Gasteiger partial charge in [-0.3, -0.25) is 9.59 Å². The van der Waals surface area contributed by atoms with Crippen molar-refractivity contribution in [2.45, 2.75) is 19.4 Å². The van der Waals surface area contributed by atoms with Gasteiger partial charge >= 0.3 is 0 Å². The first-order chi connectivity index (χ1) is 10.7. The van der Waals surface area contributed by atoms with Crippen molar-refractivity contribution in [2.75, 3.05) is 0 Å². The van der Waals surface area contributed by atoms with Crippen molar-refractivity contribution >= 4 is 11.7 Å². The van der Waals surface area contributed by atoms with E-state index in [0.717, 1.165) is 5.56 Å². The second-order valence-corrected chi connectivity index (χ2v) is 4.98. The molecule has 0 spiro atoms. The van der Waals surface area contributed by atoms with Crippen molar-refractivity contribution in [2.24, 2.45) is 0 Å². The number of carbonyl (C=O) groups is 2. The lowest BCUT2D eigenvalue weighted by Gasteiger charge is -2.16. The Morgan fingerprint density at radius 1 is 1.00 bits per heavy atom. The molecule has 22 heavy (non-hydrogen) atoms. The van der Waals surface area contributed by atoms with Gasteiger partial charge in [0.2, 0.25) is 0 Å². The maximum Gasteiger partial charge on any atom is 0.251 e. The van der Waals surface area contributed by atoms with Crippen LogP contribution in [0.4, 0.5) is 0 Å². The predicted octanol–water partition coefficient (Wildman–Crippen LogP) is 3.17. The van der Waals surface area contributed by atoms with E-state index in [1.807, 2.05) is 36.4 Å². The Labute approximate surface area is 130 Å². The molecule has 0 radical (unpaired) electrons. The number of rotatable bonds is 6. The molecule has 0 aromatic heterocycles. The van der Waals surface area contributed by atoms with Gasteiger partial charge in [-0.1, -0.05) is 54.6 Å². The molecule has 1 N–H and O–H groups in total. The zero-order valence-electron chi connectivity index (χ0n) is 12.5. The lowest BCUT2D eigenvalue weighted by Crippen LogP contribution is -2.41. The van der Waals surface area contributed by atoms with Gasteiger partial charge in [-0.25, -0.2) is 0 Å². The normalized spacial score (nSPS) is 12.0. The molecule has 2 aromatic rings. The quantitative estimate of drug-likeness (QED) is 0.832. The Bertz CT molecular complexity index is 648. The van der Waals surface area contributed by atoms with Crippen molar-refractivity contribution in [3.63, 3.8) is 0 Å². The highest BCUT2D eigenvalue weighted by Crippen LogP contribution is 2.07. The minimum Gasteiger partial charge on any atom is -0.342 e. The Balaban J connectivity index is 2.14. The number of amides is 1. The smallest absolute Gasteiger partial charge is 0.251 e. The number of carbonyl (C=O) groups excluding carboxylic acids is 2. The summed E-state index contributed by atoms with van der Waals surface area (Å²) in [5.74, 6) is -0.338. The molecule has 0 aliphatic heterocycles. The van der Waals surface area contributed by atoms with E-state index in [1.165, 1.54) is 6.08 Å². The molecule has 0 heterocycles. The van der Waals surface area contributed by atoms with Crippen molar-refractivity contribution in [3.05, 3.63) is 83.9 Å². The van der Waals surface area contributed by atoms with Crippen LogP contribution in [0.5, 0.6) is 0 Å². The van der Waals surface area contributed by atoms with Crippen LogP contribution in [0, 0.1) is 0 Å². The average Bonchev–Trinajstić information content (AvgIpc) is 2.56. The Kier molecular flexibility index (Phi) is 5.66. The molecule has 2 rings (SSSR count). The highest BCUT2D eigenvalue weighted by atomic mass is 16.2. The van der Waals surface area contributed by atoms with E-state index in [2.05, 4.69) is 5.32 Å². The first-order valence-electron chi connectivity index (χ1n) is 7.27. The van der Waals surface area contributed by atoms with Gasteiger partial charge in [0.25, 0.3) is 5.91 Å². The molecule has 0 aliphatic carbocycles. The third-order valence-corrected chi connectivity index (χ3v) is 3.30. The summed E-state index contributed by atoms with van der Waals surface area (Å²) >= 11 is 0. The topological polar surface area (TPSA) is 46.2 Å². The maximum absolute atomic E-state index is 12.3. The largest absolute Gasteiger partial charge is 0.342 e. The summed E-state index contributed by atoms with van der Waals surface area (Å²) in [6, 6.07) is 18.0. The van der Waals surface area contributed by atoms with Crippen molar-refractivity contribution < 1.29 is 9.59 Å². The summed E-state index contributed by atoms with van der Waals surface area (Å²) in [5, 5.41) is 2.83. The molecule has 0 saturated carbocycles. The van der Waals surface area contributed by atoms with E-state index in [4.69, 9.17) is 0 Å². The monoisotopic (exact) mass is 293 g/mol. The number of ketones is 1. The van der Waals surface area contributed by atoms with E-state index in [-0.39, 0.29) is 11.7 Å². The second-order valence-electron chi connectivity index (χ2n) is 4.98. The lowest BCUT2D eigenvalue weighted by molar-refractivity contribution is -0.116. The molecule has 3 nitrogen and oxygen atoms in total. The Morgan fingerprint density at radius 3 is 2.18 bits per heavy atom. The molecular formula is C19H19NO2. The molecule has 112 valence electrons. The van der Waals surface area contributed by atoms with Gasteiger partial charge in [-0.15, -0.1) is 0 Å². The van der Waals surface area contributed by atoms with Crippen molar-refractivity contribution in [1.29, 1.82) is 0 Å². The van der Waals surface area contributed by atoms with E-state index in [0.29, 0.717) is 12.0 Å². The van der Waals surface area contributed by atoms with E-state index >= 15 is 0 Å². The van der Waals surface area contributed by atoms with Gasteiger partial charge < -0.3 is 5.32 Å². The molecule has 3 heteroatoms. The average molecular weight is 293 g/mol. The molecule has 0 aliphatic rings. The van der Waals surface area contributed by atoms with Gasteiger partial charge in [-0.05, 0) is 30.7 Å². The number of allylic oxidation sites excluding steroid dienone is 1. The van der Waals surface area contributed by atoms with Gasteiger partial charge in [0.05, 0.1) is 6.04 Å². The van der Waals surface area contributed by atoms with Crippen LogP contribution in [0.1, 0.15) is 22.8 Å². The standard InChI is InChI=1S/C19H19NO2/c1-2-9-18(21)17(14-15-10-5-3-6-11-15)20-19(22)16-12-7-4-8-13-16/h2-13,17H,14H2,1H3,(H,20,22)/b9-2+/t17-/m0/s1. The van der Waals surface area contributed by atoms with Gasteiger partial charge in [-0.2, -0.15) is 0 Å². The van der Waals surface area contributed by atoms with Gasteiger partial charge in [0.1, 0.15) is 0 Å². The minimum atomic E-state index is -0.564. The number of hydrogen-bond donors (Lipinski definition) is 1. The van der Waals surface area contributed by atoms with E-state index < -0.39 is 6.04 Å². The number of hydrogen-bond acceptors (Lipinski definition) is 2. The van der Waals surface area contributed by atoms with Crippen molar-refractivity contribution in [1.82, 2.24) is 5.32 Å². The number of benzene rings is 2. The first kappa shape index (κ1) is 15.7. The highest BCUT2D eigenvalue weighted by Gasteiger charge is 2.19. The van der Waals surface area contributed by atoms with Gasteiger partial charge in [0, 0.05) is 12.0 Å². The van der Waals surface area contributed by atoms with E-state index in [1.54, 1.807) is 37.3 Å². The van der Waals surface area contributed by atoms with Crippen LogP contribution in [0.15, 0.2) is 72.8 Å². The Morgan fingerprint density at radius 2 is 1.59 bits per heavy atom. The highest BCUT2D eigenvalue weighted by molar-refractivity contribution is 6.01.